The zero-order chi connectivity index (χ0) is 14.4. The SMILES string of the molecule is Fc1ccc(-c2nn3c(-c4cccs4)nnc3s2)cc1Cl. The number of hydrogen-bond donors (Lipinski definition) is 0. The smallest absolute Gasteiger partial charge is 0.205 e. The molecule has 4 rings (SSSR count). The Balaban J connectivity index is 1.86. The lowest BCUT2D eigenvalue weighted by Gasteiger charge is -1.97. The van der Waals surface area contributed by atoms with Crippen LogP contribution >= 0.6 is 34.3 Å². The summed E-state index contributed by atoms with van der Waals surface area (Å²) in [6, 6.07) is 8.47. The van der Waals surface area contributed by atoms with Crippen molar-refractivity contribution in [3.63, 3.8) is 0 Å². The highest BCUT2D eigenvalue weighted by Crippen LogP contribution is 2.31. The summed E-state index contributed by atoms with van der Waals surface area (Å²) in [7, 11) is 0. The van der Waals surface area contributed by atoms with Crippen molar-refractivity contribution in [2.45, 2.75) is 0 Å². The highest BCUT2D eigenvalue weighted by molar-refractivity contribution is 7.20. The summed E-state index contributed by atoms with van der Waals surface area (Å²) in [5, 5.41) is 15.6. The summed E-state index contributed by atoms with van der Waals surface area (Å²) in [5.41, 5.74) is 0.758. The molecule has 4 nitrogen and oxygen atoms in total. The Hall–Kier alpha value is -1.83. The molecule has 0 fully saturated rings. The van der Waals surface area contributed by atoms with Crippen LogP contribution in [0.15, 0.2) is 35.7 Å². The molecule has 0 radical (unpaired) electrons. The minimum atomic E-state index is -0.442. The number of hydrogen-bond acceptors (Lipinski definition) is 5. The van der Waals surface area contributed by atoms with Crippen LogP contribution in [0.25, 0.3) is 26.2 Å². The fraction of sp³-hybridized carbons (Fsp3) is 0. The number of benzene rings is 1. The van der Waals surface area contributed by atoms with Crippen LogP contribution in [0.1, 0.15) is 0 Å². The summed E-state index contributed by atoms with van der Waals surface area (Å²) in [5.74, 6) is 0.262. The molecule has 0 spiro atoms. The lowest BCUT2D eigenvalue weighted by molar-refractivity contribution is 0.628. The van der Waals surface area contributed by atoms with Gasteiger partial charge in [-0.2, -0.15) is 9.61 Å². The predicted octanol–water partition coefficient (Wildman–Crippen LogP) is 4.37. The van der Waals surface area contributed by atoms with Gasteiger partial charge in [0.05, 0.1) is 9.90 Å². The van der Waals surface area contributed by atoms with Gasteiger partial charge in [0.1, 0.15) is 10.8 Å². The van der Waals surface area contributed by atoms with E-state index in [1.165, 1.54) is 17.4 Å². The third kappa shape index (κ3) is 2.14. The molecule has 104 valence electrons. The third-order valence-electron chi connectivity index (χ3n) is 2.90. The van der Waals surface area contributed by atoms with Crippen LogP contribution in [0, 0.1) is 5.82 Å². The van der Waals surface area contributed by atoms with E-state index in [1.807, 2.05) is 17.5 Å². The first-order valence-corrected chi connectivity index (χ1v) is 8.01. The molecule has 0 amide bonds. The maximum absolute atomic E-state index is 13.2. The van der Waals surface area contributed by atoms with Gasteiger partial charge in [0, 0.05) is 5.56 Å². The van der Waals surface area contributed by atoms with Crippen molar-refractivity contribution in [1.29, 1.82) is 0 Å². The maximum Gasteiger partial charge on any atom is 0.235 e. The lowest BCUT2D eigenvalue weighted by Crippen LogP contribution is -1.89. The second-order valence-electron chi connectivity index (χ2n) is 4.23. The molecule has 0 saturated heterocycles. The van der Waals surface area contributed by atoms with Gasteiger partial charge in [-0.3, -0.25) is 0 Å². The Labute approximate surface area is 131 Å². The molecule has 3 aromatic heterocycles. The highest BCUT2D eigenvalue weighted by Gasteiger charge is 2.15. The second kappa shape index (κ2) is 4.87. The molecule has 0 unspecified atom stereocenters. The minimum absolute atomic E-state index is 0.0805. The van der Waals surface area contributed by atoms with Crippen molar-refractivity contribution in [2.24, 2.45) is 0 Å². The topological polar surface area (TPSA) is 43.1 Å². The second-order valence-corrected chi connectivity index (χ2v) is 6.54. The summed E-state index contributed by atoms with van der Waals surface area (Å²) in [4.78, 5) is 1.69. The van der Waals surface area contributed by atoms with Crippen LogP contribution in [0.3, 0.4) is 0 Å². The van der Waals surface area contributed by atoms with E-state index in [4.69, 9.17) is 11.6 Å². The van der Waals surface area contributed by atoms with Crippen molar-refractivity contribution >= 4 is 39.2 Å². The molecule has 0 N–H and O–H groups in total. The standard InChI is InChI=1S/C13H6ClFN4S2/c14-8-6-7(3-4-9(8)15)12-18-19-11(10-2-1-5-20-10)16-17-13(19)21-12/h1-6H. The molecule has 0 atom stereocenters. The molecule has 0 aliphatic carbocycles. The molecular formula is C13H6ClFN4S2. The van der Waals surface area contributed by atoms with Crippen LogP contribution in [-0.4, -0.2) is 19.8 Å². The van der Waals surface area contributed by atoms with Gasteiger partial charge in [-0.15, -0.1) is 21.5 Å². The van der Waals surface area contributed by atoms with E-state index in [0.717, 1.165) is 15.4 Å². The van der Waals surface area contributed by atoms with Crippen LogP contribution in [0.5, 0.6) is 0 Å². The number of aromatic nitrogens is 4. The van der Waals surface area contributed by atoms with E-state index in [-0.39, 0.29) is 5.02 Å². The van der Waals surface area contributed by atoms with E-state index < -0.39 is 5.82 Å². The zero-order valence-electron chi connectivity index (χ0n) is 10.3. The fourth-order valence-electron chi connectivity index (χ4n) is 1.92. The van der Waals surface area contributed by atoms with Crippen LogP contribution < -0.4 is 0 Å². The van der Waals surface area contributed by atoms with Gasteiger partial charge in [-0.05, 0) is 29.6 Å². The molecule has 0 aliphatic rings. The van der Waals surface area contributed by atoms with Gasteiger partial charge in [0.25, 0.3) is 0 Å². The Kier molecular flexibility index (Phi) is 2.99. The summed E-state index contributed by atoms with van der Waals surface area (Å²) in [6.45, 7) is 0. The lowest BCUT2D eigenvalue weighted by atomic mass is 10.2. The Morgan fingerprint density at radius 1 is 1.19 bits per heavy atom. The van der Waals surface area contributed by atoms with E-state index in [9.17, 15) is 4.39 Å². The van der Waals surface area contributed by atoms with Crippen LogP contribution in [0.2, 0.25) is 5.02 Å². The summed E-state index contributed by atoms with van der Waals surface area (Å²) >= 11 is 8.78. The Morgan fingerprint density at radius 2 is 2.10 bits per heavy atom. The first kappa shape index (κ1) is 12.9. The van der Waals surface area contributed by atoms with Gasteiger partial charge < -0.3 is 0 Å². The van der Waals surface area contributed by atoms with Crippen LogP contribution in [0.4, 0.5) is 4.39 Å². The largest absolute Gasteiger partial charge is 0.235 e. The highest BCUT2D eigenvalue weighted by atomic mass is 35.5. The van der Waals surface area contributed by atoms with Gasteiger partial charge >= 0.3 is 0 Å². The van der Waals surface area contributed by atoms with Crippen molar-refractivity contribution in [3.8, 4) is 21.3 Å². The Morgan fingerprint density at radius 3 is 2.86 bits per heavy atom. The average molecular weight is 337 g/mol. The van der Waals surface area contributed by atoms with Crippen LogP contribution in [-0.2, 0) is 0 Å². The predicted molar refractivity (Wildman–Crippen MR) is 82.4 cm³/mol. The van der Waals surface area contributed by atoms with Crippen molar-refractivity contribution < 1.29 is 4.39 Å². The number of halogens is 2. The minimum Gasteiger partial charge on any atom is -0.205 e. The third-order valence-corrected chi connectivity index (χ3v) is 5.00. The first-order chi connectivity index (χ1) is 10.2. The van der Waals surface area contributed by atoms with E-state index in [0.29, 0.717) is 10.8 Å². The average Bonchev–Trinajstić information content (AvgIpc) is 3.16. The number of thiophene rings is 1. The van der Waals surface area contributed by atoms with E-state index >= 15 is 0 Å². The Bertz CT molecular complexity index is 929. The summed E-state index contributed by atoms with van der Waals surface area (Å²) in [6.07, 6.45) is 0. The molecule has 0 saturated carbocycles. The number of nitrogens with zero attached hydrogens (tertiary/aromatic N) is 4. The molecule has 4 aromatic rings. The quantitative estimate of drug-likeness (QED) is 0.546. The van der Waals surface area contributed by atoms with Gasteiger partial charge in [-0.1, -0.05) is 29.0 Å². The normalized spacial score (nSPS) is 11.3. The van der Waals surface area contributed by atoms with E-state index in [2.05, 4.69) is 15.3 Å². The monoisotopic (exact) mass is 336 g/mol. The molecule has 8 heteroatoms. The maximum atomic E-state index is 13.2. The number of rotatable bonds is 2. The van der Waals surface area contributed by atoms with Crippen molar-refractivity contribution in [1.82, 2.24) is 19.8 Å². The molecule has 21 heavy (non-hydrogen) atoms. The molecule has 3 heterocycles. The van der Waals surface area contributed by atoms with Crippen molar-refractivity contribution in [3.05, 3.63) is 46.6 Å². The number of fused-ring (bicyclic) bond motifs is 1. The first-order valence-electron chi connectivity index (χ1n) is 5.94. The molecule has 1 aromatic carbocycles. The fourth-order valence-corrected chi connectivity index (χ4v) is 3.63. The summed E-state index contributed by atoms with van der Waals surface area (Å²) < 4.78 is 14.9. The van der Waals surface area contributed by atoms with Gasteiger partial charge in [0.15, 0.2) is 5.82 Å². The van der Waals surface area contributed by atoms with Gasteiger partial charge in [0.2, 0.25) is 4.96 Å². The molecule has 0 aliphatic heterocycles. The van der Waals surface area contributed by atoms with Crippen molar-refractivity contribution in [2.75, 3.05) is 0 Å². The molecule has 0 bridgehead atoms. The van der Waals surface area contributed by atoms with E-state index in [1.54, 1.807) is 28.0 Å². The zero-order valence-corrected chi connectivity index (χ0v) is 12.7. The van der Waals surface area contributed by atoms with Gasteiger partial charge in [-0.25, -0.2) is 4.39 Å². The molecular weight excluding hydrogens is 331 g/mol.